The Bertz CT molecular complexity index is 421. The van der Waals surface area contributed by atoms with Crippen LogP contribution in [-0.4, -0.2) is 30.4 Å². The van der Waals surface area contributed by atoms with Crippen LogP contribution in [-0.2, 0) is 4.74 Å². The van der Waals surface area contributed by atoms with Crippen molar-refractivity contribution in [2.75, 3.05) is 7.11 Å². The molecule has 0 spiro atoms. The molecule has 0 unspecified atom stereocenters. The number of methoxy groups -OCH3 is 1. The highest BCUT2D eigenvalue weighted by Crippen LogP contribution is 2.29. The number of hydrogen-bond donors (Lipinski definition) is 1. The summed E-state index contributed by atoms with van der Waals surface area (Å²) in [6.07, 6.45) is 1.12. The van der Waals surface area contributed by atoms with Gasteiger partial charge < -0.3 is 14.6 Å². The van der Waals surface area contributed by atoms with Crippen molar-refractivity contribution in [2.24, 2.45) is 0 Å². The molecule has 0 bridgehead atoms. The Labute approximate surface area is 100 Å². The van der Waals surface area contributed by atoms with Gasteiger partial charge >= 0.3 is 5.97 Å². The zero-order chi connectivity index (χ0) is 12.4. The van der Waals surface area contributed by atoms with Crippen molar-refractivity contribution < 1.29 is 19.4 Å². The van der Waals surface area contributed by atoms with Crippen LogP contribution in [0.4, 0.5) is 0 Å². The van der Waals surface area contributed by atoms with Crippen LogP contribution in [0, 0.1) is 6.92 Å². The topological polar surface area (TPSA) is 55.8 Å². The van der Waals surface area contributed by atoms with Gasteiger partial charge in [-0.2, -0.15) is 0 Å². The molecule has 2 rings (SSSR count). The molecular weight excluding hydrogens is 220 g/mol. The molecule has 0 aromatic heterocycles. The second-order valence-corrected chi connectivity index (χ2v) is 4.29. The van der Waals surface area contributed by atoms with Crippen molar-refractivity contribution in [2.45, 2.75) is 32.0 Å². The van der Waals surface area contributed by atoms with Crippen molar-refractivity contribution >= 4 is 5.97 Å². The summed E-state index contributed by atoms with van der Waals surface area (Å²) >= 11 is 0. The van der Waals surface area contributed by atoms with Crippen LogP contribution in [0.5, 0.6) is 5.75 Å². The monoisotopic (exact) mass is 236 g/mol. The van der Waals surface area contributed by atoms with Crippen LogP contribution >= 0.6 is 0 Å². The quantitative estimate of drug-likeness (QED) is 0.811. The van der Waals surface area contributed by atoms with Gasteiger partial charge in [0.25, 0.3) is 0 Å². The van der Waals surface area contributed by atoms with Crippen LogP contribution in [0.2, 0.25) is 0 Å². The lowest BCUT2D eigenvalue weighted by molar-refractivity contribution is -0.0111. The van der Waals surface area contributed by atoms with Gasteiger partial charge in [-0.1, -0.05) is 6.07 Å². The number of rotatable bonds is 3. The first-order valence-electron chi connectivity index (χ1n) is 5.64. The van der Waals surface area contributed by atoms with E-state index in [1.54, 1.807) is 12.1 Å². The van der Waals surface area contributed by atoms with Gasteiger partial charge in [0.2, 0.25) is 0 Å². The molecule has 1 saturated carbocycles. The summed E-state index contributed by atoms with van der Waals surface area (Å²) in [7, 11) is 1.36. The molecule has 1 aromatic rings. The van der Waals surface area contributed by atoms with E-state index in [0.717, 1.165) is 5.56 Å². The Balaban J connectivity index is 2.14. The van der Waals surface area contributed by atoms with Crippen molar-refractivity contribution in [1.29, 1.82) is 0 Å². The zero-order valence-corrected chi connectivity index (χ0v) is 9.97. The van der Waals surface area contributed by atoms with E-state index in [9.17, 15) is 9.90 Å². The lowest BCUT2D eigenvalue weighted by Crippen LogP contribution is -2.37. The lowest BCUT2D eigenvalue weighted by atomic mass is 9.92. The number of carbonyl (C=O) groups is 1. The zero-order valence-electron chi connectivity index (χ0n) is 9.97. The summed E-state index contributed by atoms with van der Waals surface area (Å²) in [6, 6.07) is 5.31. The predicted molar refractivity (Wildman–Crippen MR) is 62.2 cm³/mol. The van der Waals surface area contributed by atoms with Gasteiger partial charge in [0.15, 0.2) is 0 Å². The van der Waals surface area contributed by atoms with Crippen molar-refractivity contribution in [3.8, 4) is 5.75 Å². The van der Waals surface area contributed by atoms with Crippen molar-refractivity contribution in [1.82, 2.24) is 0 Å². The van der Waals surface area contributed by atoms with Crippen LogP contribution in [0.3, 0.4) is 0 Å². The molecular formula is C13H16O4. The number of carbonyl (C=O) groups excluding carboxylic acids is 1. The van der Waals surface area contributed by atoms with Gasteiger partial charge in [0.05, 0.1) is 18.8 Å². The Morgan fingerprint density at radius 3 is 2.71 bits per heavy atom. The fourth-order valence-electron chi connectivity index (χ4n) is 1.89. The number of hydrogen-bond acceptors (Lipinski definition) is 4. The van der Waals surface area contributed by atoms with E-state index in [4.69, 9.17) is 9.47 Å². The molecule has 17 heavy (non-hydrogen) atoms. The molecule has 1 aliphatic rings. The Morgan fingerprint density at radius 2 is 2.12 bits per heavy atom. The summed E-state index contributed by atoms with van der Waals surface area (Å²) in [5.41, 5.74) is 1.30. The number of aliphatic hydroxyl groups excluding tert-OH is 1. The molecule has 1 N–H and O–H groups in total. The molecule has 0 radical (unpaired) electrons. The fourth-order valence-corrected chi connectivity index (χ4v) is 1.89. The molecule has 1 aliphatic carbocycles. The first-order chi connectivity index (χ1) is 8.11. The van der Waals surface area contributed by atoms with E-state index in [1.165, 1.54) is 7.11 Å². The second-order valence-electron chi connectivity index (χ2n) is 4.29. The van der Waals surface area contributed by atoms with E-state index < -0.39 is 0 Å². The summed E-state index contributed by atoms with van der Waals surface area (Å²) in [5.74, 6) is 0.325. The number of ether oxygens (including phenoxy) is 2. The van der Waals surface area contributed by atoms with Gasteiger partial charge in [-0.3, -0.25) is 0 Å². The highest BCUT2D eigenvalue weighted by molar-refractivity contribution is 5.91. The van der Waals surface area contributed by atoms with E-state index >= 15 is 0 Å². The Hall–Kier alpha value is -1.55. The molecule has 4 heteroatoms. The van der Waals surface area contributed by atoms with E-state index in [2.05, 4.69) is 0 Å². The average Bonchev–Trinajstić information content (AvgIpc) is 2.28. The Kier molecular flexibility index (Phi) is 3.33. The maximum absolute atomic E-state index is 11.5. The van der Waals surface area contributed by atoms with Crippen LogP contribution in [0.15, 0.2) is 18.2 Å². The molecule has 0 heterocycles. The minimum Gasteiger partial charge on any atom is -0.490 e. The van der Waals surface area contributed by atoms with E-state index in [-0.39, 0.29) is 18.2 Å². The predicted octanol–water partition coefficient (Wildman–Crippen LogP) is 1.68. The highest BCUT2D eigenvalue weighted by atomic mass is 16.5. The van der Waals surface area contributed by atoms with Crippen LogP contribution in [0.1, 0.15) is 28.8 Å². The normalized spacial score (nSPS) is 22.8. The Morgan fingerprint density at radius 1 is 1.41 bits per heavy atom. The number of benzene rings is 1. The summed E-state index contributed by atoms with van der Waals surface area (Å²) in [4.78, 5) is 11.5. The highest BCUT2D eigenvalue weighted by Gasteiger charge is 2.29. The first-order valence-corrected chi connectivity index (χ1v) is 5.64. The third kappa shape index (κ3) is 2.42. The molecule has 1 aromatic carbocycles. The number of aliphatic hydroxyl groups is 1. The average molecular weight is 236 g/mol. The molecule has 0 atom stereocenters. The standard InChI is InChI=1S/C13H16O4/c1-8-11(13(15)16-2)4-3-5-12(8)17-10-6-9(14)7-10/h3-5,9-10,14H,6-7H2,1-2H3. The fraction of sp³-hybridized carbons (Fsp3) is 0.462. The number of esters is 1. The largest absolute Gasteiger partial charge is 0.490 e. The van der Waals surface area contributed by atoms with Gasteiger partial charge in [-0.25, -0.2) is 4.79 Å². The lowest BCUT2D eigenvalue weighted by Gasteiger charge is -2.32. The molecule has 4 nitrogen and oxygen atoms in total. The van der Waals surface area contributed by atoms with Crippen molar-refractivity contribution in [3.63, 3.8) is 0 Å². The van der Waals surface area contributed by atoms with Crippen LogP contribution in [0.25, 0.3) is 0 Å². The van der Waals surface area contributed by atoms with Gasteiger partial charge in [-0.05, 0) is 19.1 Å². The molecule has 1 fully saturated rings. The molecule has 92 valence electrons. The minimum absolute atomic E-state index is 0.0524. The second kappa shape index (κ2) is 4.75. The van der Waals surface area contributed by atoms with Crippen LogP contribution < -0.4 is 4.74 Å². The third-order valence-corrected chi connectivity index (χ3v) is 3.05. The van der Waals surface area contributed by atoms with E-state index in [1.807, 2.05) is 13.0 Å². The molecule has 0 amide bonds. The first kappa shape index (κ1) is 11.9. The van der Waals surface area contributed by atoms with Gasteiger partial charge in [0.1, 0.15) is 11.9 Å². The summed E-state index contributed by atoms with van der Waals surface area (Å²) in [6.45, 7) is 1.83. The third-order valence-electron chi connectivity index (χ3n) is 3.05. The maximum Gasteiger partial charge on any atom is 0.338 e. The SMILES string of the molecule is COC(=O)c1cccc(OC2CC(O)C2)c1C. The summed E-state index contributed by atoms with van der Waals surface area (Å²) < 4.78 is 10.4. The minimum atomic E-state index is -0.360. The maximum atomic E-state index is 11.5. The molecule has 0 saturated heterocycles. The molecule has 0 aliphatic heterocycles. The summed E-state index contributed by atoms with van der Waals surface area (Å²) in [5, 5.41) is 9.19. The van der Waals surface area contributed by atoms with Gasteiger partial charge in [0, 0.05) is 18.4 Å². The smallest absolute Gasteiger partial charge is 0.338 e. The van der Waals surface area contributed by atoms with Gasteiger partial charge in [-0.15, -0.1) is 0 Å². The van der Waals surface area contributed by atoms with E-state index in [0.29, 0.717) is 24.2 Å². The van der Waals surface area contributed by atoms with Crippen molar-refractivity contribution in [3.05, 3.63) is 29.3 Å².